The number of alkyl halides is 3. The molecule has 156 valence electrons. The minimum atomic E-state index is -4.63. The standard InChI is InChI=1S/C23H25F3O3/c1-8-9-16(14(3)23(24,25)26)15-11-10-13(2)17(12-15)18-19(27)21(4,5)29-22(6,7)20(18)28/h8-12,27H,1,3H2,2,4-7H3/b16-9+. The number of carbonyl (C=O) groups excluding carboxylic acids is 1. The van der Waals surface area contributed by atoms with Crippen LogP contribution in [0.4, 0.5) is 13.2 Å². The molecule has 0 atom stereocenters. The zero-order valence-corrected chi connectivity index (χ0v) is 17.2. The first-order chi connectivity index (χ1) is 13.1. The first-order valence-corrected chi connectivity index (χ1v) is 9.02. The van der Waals surface area contributed by atoms with Crippen LogP contribution in [0.15, 0.2) is 54.8 Å². The lowest BCUT2D eigenvalue weighted by molar-refractivity contribution is -0.158. The van der Waals surface area contributed by atoms with Crippen molar-refractivity contribution in [3.63, 3.8) is 0 Å². The smallest absolute Gasteiger partial charge is 0.416 e. The summed E-state index contributed by atoms with van der Waals surface area (Å²) in [6, 6.07) is 4.58. The highest BCUT2D eigenvalue weighted by Gasteiger charge is 2.47. The van der Waals surface area contributed by atoms with Gasteiger partial charge in [0.15, 0.2) is 5.78 Å². The Balaban J connectivity index is 2.76. The second-order valence-electron chi connectivity index (χ2n) is 8.00. The molecule has 1 N–H and O–H groups in total. The van der Waals surface area contributed by atoms with Gasteiger partial charge in [0.05, 0.1) is 11.1 Å². The van der Waals surface area contributed by atoms with Crippen LogP contribution in [0, 0.1) is 6.92 Å². The van der Waals surface area contributed by atoms with Gasteiger partial charge in [-0.15, -0.1) is 0 Å². The first-order valence-electron chi connectivity index (χ1n) is 9.02. The van der Waals surface area contributed by atoms with Crippen molar-refractivity contribution in [2.45, 2.75) is 52.0 Å². The van der Waals surface area contributed by atoms with Crippen LogP contribution in [0.25, 0.3) is 11.1 Å². The van der Waals surface area contributed by atoms with Crippen molar-refractivity contribution in [1.29, 1.82) is 0 Å². The molecule has 0 unspecified atom stereocenters. The predicted molar refractivity (Wildman–Crippen MR) is 108 cm³/mol. The Kier molecular flexibility index (Phi) is 5.74. The summed E-state index contributed by atoms with van der Waals surface area (Å²) in [7, 11) is 0. The highest BCUT2D eigenvalue weighted by Crippen LogP contribution is 2.42. The molecule has 0 bridgehead atoms. The average molecular weight is 406 g/mol. The third kappa shape index (κ3) is 4.22. The molecule has 0 spiro atoms. The molecule has 1 aliphatic heterocycles. The van der Waals surface area contributed by atoms with E-state index in [1.54, 1.807) is 40.7 Å². The van der Waals surface area contributed by atoms with Crippen LogP contribution in [0.2, 0.25) is 0 Å². The zero-order chi connectivity index (χ0) is 22.4. The third-order valence-electron chi connectivity index (χ3n) is 4.86. The van der Waals surface area contributed by atoms with Crippen molar-refractivity contribution in [2.24, 2.45) is 0 Å². The summed E-state index contributed by atoms with van der Waals surface area (Å²) < 4.78 is 45.6. The van der Waals surface area contributed by atoms with Gasteiger partial charge in [0, 0.05) is 0 Å². The van der Waals surface area contributed by atoms with E-state index in [0.717, 1.165) is 0 Å². The van der Waals surface area contributed by atoms with E-state index in [9.17, 15) is 23.1 Å². The van der Waals surface area contributed by atoms with Crippen LogP contribution >= 0.6 is 0 Å². The van der Waals surface area contributed by atoms with E-state index in [0.29, 0.717) is 11.1 Å². The lowest BCUT2D eigenvalue weighted by Gasteiger charge is -2.40. The summed E-state index contributed by atoms with van der Waals surface area (Å²) in [4.78, 5) is 13.0. The maximum absolute atomic E-state index is 13.3. The number of ketones is 1. The average Bonchev–Trinajstić information content (AvgIpc) is 2.58. The van der Waals surface area contributed by atoms with E-state index in [2.05, 4.69) is 13.2 Å². The first kappa shape index (κ1) is 22.7. The Bertz CT molecular complexity index is 945. The largest absolute Gasteiger partial charge is 0.508 e. The fourth-order valence-electron chi connectivity index (χ4n) is 3.39. The molecule has 1 aromatic rings. The maximum Gasteiger partial charge on any atom is 0.416 e. The molecule has 0 saturated carbocycles. The minimum Gasteiger partial charge on any atom is -0.508 e. The normalized spacial score (nSPS) is 19.3. The predicted octanol–water partition coefficient (Wildman–Crippen LogP) is 6.11. The summed E-state index contributed by atoms with van der Waals surface area (Å²) in [5.74, 6) is -0.704. The monoisotopic (exact) mass is 406 g/mol. The van der Waals surface area contributed by atoms with E-state index < -0.39 is 28.7 Å². The van der Waals surface area contributed by atoms with Gasteiger partial charge in [0.1, 0.15) is 17.0 Å². The summed E-state index contributed by atoms with van der Waals surface area (Å²) in [6.45, 7) is 14.8. The van der Waals surface area contributed by atoms with E-state index in [1.807, 2.05) is 0 Å². The highest BCUT2D eigenvalue weighted by atomic mass is 19.4. The van der Waals surface area contributed by atoms with Crippen LogP contribution in [0.3, 0.4) is 0 Å². The fourth-order valence-corrected chi connectivity index (χ4v) is 3.39. The van der Waals surface area contributed by atoms with Crippen LogP contribution in [-0.4, -0.2) is 28.3 Å². The lowest BCUT2D eigenvalue weighted by atomic mass is 9.81. The number of allylic oxidation sites excluding steroid dienone is 4. The molecule has 3 nitrogen and oxygen atoms in total. The topological polar surface area (TPSA) is 46.5 Å². The summed E-state index contributed by atoms with van der Waals surface area (Å²) in [5, 5.41) is 10.8. The van der Waals surface area contributed by atoms with Crippen LogP contribution in [-0.2, 0) is 9.53 Å². The quantitative estimate of drug-likeness (QED) is 0.614. The number of hydrogen-bond acceptors (Lipinski definition) is 3. The van der Waals surface area contributed by atoms with Crippen molar-refractivity contribution in [1.82, 2.24) is 0 Å². The number of aliphatic hydroxyl groups is 1. The summed E-state index contributed by atoms with van der Waals surface area (Å²) >= 11 is 0. The molecule has 1 aliphatic rings. The van der Waals surface area contributed by atoms with Crippen LogP contribution in [0.5, 0.6) is 0 Å². The van der Waals surface area contributed by atoms with E-state index in [1.165, 1.54) is 24.3 Å². The Hall–Kier alpha value is -2.60. The van der Waals surface area contributed by atoms with Gasteiger partial charge in [-0.1, -0.05) is 37.4 Å². The Morgan fingerprint density at radius 3 is 2.28 bits per heavy atom. The number of aryl methyl sites for hydroxylation is 1. The van der Waals surface area contributed by atoms with Gasteiger partial charge in [-0.05, 0) is 62.9 Å². The molecule has 29 heavy (non-hydrogen) atoms. The lowest BCUT2D eigenvalue weighted by Crippen LogP contribution is -2.49. The van der Waals surface area contributed by atoms with Crippen LogP contribution in [0.1, 0.15) is 44.4 Å². The van der Waals surface area contributed by atoms with E-state index in [4.69, 9.17) is 4.74 Å². The van der Waals surface area contributed by atoms with Crippen LogP contribution < -0.4 is 0 Å². The molecule has 2 rings (SSSR count). The Morgan fingerprint density at radius 1 is 1.17 bits per heavy atom. The number of carbonyl (C=O) groups is 1. The fraction of sp³-hybridized carbons (Fsp3) is 0.348. The number of hydrogen-bond donors (Lipinski definition) is 1. The maximum atomic E-state index is 13.3. The van der Waals surface area contributed by atoms with Gasteiger partial charge in [-0.25, -0.2) is 0 Å². The van der Waals surface area contributed by atoms with Gasteiger partial charge in [-0.2, -0.15) is 13.2 Å². The second kappa shape index (κ2) is 7.34. The highest BCUT2D eigenvalue weighted by molar-refractivity contribution is 6.26. The molecule has 0 fully saturated rings. The number of rotatable bonds is 4. The number of benzene rings is 1. The zero-order valence-electron chi connectivity index (χ0n) is 17.2. The van der Waals surface area contributed by atoms with Gasteiger partial charge in [-0.3, -0.25) is 4.79 Å². The van der Waals surface area contributed by atoms with E-state index >= 15 is 0 Å². The van der Waals surface area contributed by atoms with Crippen molar-refractivity contribution in [3.8, 4) is 0 Å². The molecule has 1 aromatic carbocycles. The van der Waals surface area contributed by atoms with Crippen molar-refractivity contribution in [2.75, 3.05) is 0 Å². The molecule has 0 aliphatic carbocycles. The van der Waals surface area contributed by atoms with E-state index in [-0.39, 0.29) is 22.5 Å². The number of ether oxygens (including phenoxy) is 1. The van der Waals surface area contributed by atoms with Crippen molar-refractivity contribution in [3.05, 3.63) is 71.5 Å². The van der Waals surface area contributed by atoms with Gasteiger partial charge in [0.2, 0.25) is 0 Å². The summed E-state index contributed by atoms with van der Waals surface area (Å²) in [6.07, 6.45) is -2.16. The molecule has 0 aromatic heterocycles. The number of Topliss-reactive ketones (excluding diaryl/α,β-unsaturated/α-hetero) is 1. The molecule has 0 radical (unpaired) electrons. The third-order valence-corrected chi connectivity index (χ3v) is 4.86. The molecule has 6 heteroatoms. The Morgan fingerprint density at radius 2 is 1.76 bits per heavy atom. The second-order valence-corrected chi connectivity index (χ2v) is 8.00. The molecular formula is C23H25F3O3. The van der Waals surface area contributed by atoms with Gasteiger partial charge >= 0.3 is 6.18 Å². The number of halogens is 3. The number of aliphatic hydroxyl groups excluding tert-OH is 1. The molecule has 0 amide bonds. The molecular weight excluding hydrogens is 381 g/mol. The van der Waals surface area contributed by atoms with Gasteiger partial charge < -0.3 is 9.84 Å². The minimum absolute atomic E-state index is 0.0428. The Labute approximate surface area is 168 Å². The molecule has 0 saturated heterocycles. The summed E-state index contributed by atoms with van der Waals surface area (Å²) in [5.41, 5.74) is -2.29. The van der Waals surface area contributed by atoms with Crippen molar-refractivity contribution < 1.29 is 27.8 Å². The molecule has 1 heterocycles. The SMILES string of the molecule is C=C/C=C(\C(=C)C(F)(F)F)c1ccc(C)c(C2=C(O)C(C)(C)OC(C)(C)C2=O)c1. The van der Waals surface area contributed by atoms with Crippen molar-refractivity contribution >= 4 is 16.9 Å². The van der Waals surface area contributed by atoms with Gasteiger partial charge in [0.25, 0.3) is 0 Å².